The van der Waals surface area contributed by atoms with Crippen LogP contribution in [0.3, 0.4) is 0 Å². The van der Waals surface area contributed by atoms with Crippen molar-refractivity contribution in [2.24, 2.45) is 0 Å². The van der Waals surface area contributed by atoms with Crippen molar-refractivity contribution in [2.45, 2.75) is 6.92 Å². The molecule has 0 atom stereocenters. The van der Waals surface area contributed by atoms with Gasteiger partial charge in [0, 0.05) is 37.9 Å². The molecule has 100 valence electrons. The van der Waals surface area contributed by atoms with Crippen molar-refractivity contribution < 1.29 is 0 Å². The zero-order chi connectivity index (χ0) is 13.2. The van der Waals surface area contributed by atoms with E-state index in [0.717, 1.165) is 43.4 Å². The number of aryl methyl sites for hydroxylation is 1. The van der Waals surface area contributed by atoms with Crippen LogP contribution in [0.15, 0.2) is 24.7 Å². The van der Waals surface area contributed by atoms with Gasteiger partial charge in [-0.05, 0) is 13.0 Å². The second-order valence-corrected chi connectivity index (χ2v) is 4.81. The minimum Gasteiger partial charge on any atom is -0.396 e. The van der Waals surface area contributed by atoms with E-state index in [9.17, 15) is 0 Å². The second kappa shape index (κ2) is 4.79. The largest absolute Gasteiger partial charge is 0.396 e. The fourth-order valence-corrected chi connectivity index (χ4v) is 2.52. The number of aromatic nitrogens is 3. The average molecular weight is 258 g/mol. The van der Waals surface area contributed by atoms with Gasteiger partial charge in [0.1, 0.15) is 5.82 Å². The van der Waals surface area contributed by atoms with Gasteiger partial charge >= 0.3 is 0 Å². The van der Waals surface area contributed by atoms with Gasteiger partial charge in [-0.3, -0.25) is 10.1 Å². The van der Waals surface area contributed by atoms with Crippen LogP contribution in [-0.2, 0) is 0 Å². The third-order valence-corrected chi connectivity index (χ3v) is 3.57. The summed E-state index contributed by atoms with van der Waals surface area (Å²) < 4.78 is 0. The molecule has 0 unspecified atom stereocenters. The van der Waals surface area contributed by atoms with Gasteiger partial charge in [-0.2, -0.15) is 5.10 Å². The molecule has 3 N–H and O–H groups in total. The van der Waals surface area contributed by atoms with Gasteiger partial charge in [0.15, 0.2) is 0 Å². The molecule has 0 saturated carbocycles. The fourth-order valence-electron chi connectivity index (χ4n) is 2.52. The van der Waals surface area contributed by atoms with Crippen LogP contribution < -0.4 is 15.5 Å². The third kappa shape index (κ3) is 2.21. The number of pyridine rings is 1. The van der Waals surface area contributed by atoms with Crippen molar-refractivity contribution >= 4 is 17.2 Å². The van der Waals surface area contributed by atoms with E-state index in [1.807, 2.05) is 12.3 Å². The Bertz CT molecular complexity index is 556. The molecule has 0 bridgehead atoms. The first-order valence-corrected chi connectivity index (χ1v) is 6.45. The highest BCUT2D eigenvalue weighted by Gasteiger charge is 2.20. The van der Waals surface area contributed by atoms with Gasteiger partial charge in [0.2, 0.25) is 0 Å². The normalized spacial score (nSPS) is 15.8. The number of hydrogen-bond acceptors (Lipinski definition) is 5. The summed E-state index contributed by atoms with van der Waals surface area (Å²) in [7, 11) is 0. The van der Waals surface area contributed by atoms with Crippen molar-refractivity contribution in [1.29, 1.82) is 0 Å². The van der Waals surface area contributed by atoms with Crippen molar-refractivity contribution in [2.75, 3.05) is 41.7 Å². The zero-order valence-electron chi connectivity index (χ0n) is 11.0. The van der Waals surface area contributed by atoms with Crippen molar-refractivity contribution in [1.82, 2.24) is 15.2 Å². The maximum atomic E-state index is 5.97. The Morgan fingerprint density at radius 1 is 1.16 bits per heavy atom. The lowest BCUT2D eigenvalue weighted by atomic mass is 10.2. The summed E-state index contributed by atoms with van der Waals surface area (Å²) in [5.74, 6) is 1.13. The van der Waals surface area contributed by atoms with E-state index >= 15 is 0 Å². The molecular weight excluding hydrogens is 240 g/mol. The first-order valence-electron chi connectivity index (χ1n) is 6.45. The minimum absolute atomic E-state index is 0.744. The number of rotatable bonds is 2. The fraction of sp³-hybridized carbons (Fsp3) is 0.385. The number of anilines is 3. The van der Waals surface area contributed by atoms with E-state index in [0.29, 0.717) is 0 Å². The highest BCUT2D eigenvalue weighted by molar-refractivity contribution is 5.66. The Kier molecular flexibility index (Phi) is 2.98. The molecule has 0 aromatic carbocycles. The molecule has 0 amide bonds. The summed E-state index contributed by atoms with van der Waals surface area (Å²) in [5.41, 5.74) is 8.99. The van der Waals surface area contributed by atoms with Gasteiger partial charge < -0.3 is 15.5 Å². The van der Waals surface area contributed by atoms with E-state index in [1.165, 1.54) is 5.56 Å². The van der Waals surface area contributed by atoms with E-state index in [-0.39, 0.29) is 0 Å². The molecular formula is C13H18N6. The highest BCUT2D eigenvalue weighted by atomic mass is 15.3. The van der Waals surface area contributed by atoms with E-state index in [4.69, 9.17) is 5.73 Å². The second-order valence-electron chi connectivity index (χ2n) is 4.81. The molecule has 2 aromatic rings. The lowest BCUT2D eigenvalue weighted by Crippen LogP contribution is -2.47. The number of aromatic amines is 1. The Hall–Kier alpha value is -2.24. The average Bonchev–Trinajstić information content (AvgIpc) is 2.86. The summed E-state index contributed by atoms with van der Waals surface area (Å²) in [6.07, 6.45) is 5.36. The molecule has 0 radical (unpaired) electrons. The minimum atomic E-state index is 0.744. The zero-order valence-corrected chi connectivity index (χ0v) is 11.0. The molecule has 19 heavy (non-hydrogen) atoms. The molecule has 3 rings (SSSR count). The summed E-state index contributed by atoms with van der Waals surface area (Å²) >= 11 is 0. The van der Waals surface area contributed by atoms with Crippen molar-refractivity contribution in [3.8, 4) is 0 Å². The van der Waals surface area contributed by atoms with Crippen LogP contribution in [0, 0.1) is 6.92 Å². The Balaban J connectivity index is 1.70. The van der Waals surface area contributed by atoms with Gasteiger partial charge in [-0.15, -0.1) is 0 Å². The maximum absolute atomic E-state index is 5.97. The summed E-state index contributed by atoms with van der Waals surface area (Å²) in [6, 6.07) is 1.98. The lowest BCUT2D eigenvalue weighted by Gasteiger charge is -2.37. The molecule has 1 aliphatic heterocycles. The number of piperazine rings is 1. The number of nitrogen functional groups attached to an aromatic ring is 1. The maximum Gasteiger partial charge on any atom is 0.127 e. The molecule has 0 spiro atoms. The van der Waals surface area contributed by atoms with Gasteiger partial charge in [0.25, 0.3) is 0 Å². The standard InChI is InChI=1S/C13H18N6/c1-10-8-16-17-13(10)19-6-4-18(5-7-19)12-2-3-15-9-11(12)14/h2-3,8-9H,4-7,14H2,1H3,(H,16,17). The summed E-state index contributed by atoms with van der Waals surface area (Å²) in [6.45, 7) is 5.90. The van der Waals surface area contributed by atoms with Crippen molar-refractivity contribution in [3.63, 3.8) is 0 Å². The smallest absolute Gasteiger partial charge is 0.127 e. The van der Waals surface area contributed by atoms with Crippen molar-refractivity contribution in [3.05, 3.63) is 30.2 Å². The molecule has 1 saturated heterocycles. The molecule has 6 nitrogen and oxygen atoms in total. The number of hydrogen-bond donors (Lipinski definition) is 2. The van der Waals surface area contributed by atoms with Crippen LogP contribution >= 0.6 is 0 Å². The first kappa shape index (κ1) is 11.8. The van der Waals surface area contributed by atoms with Crippen LogP contribution in [-0.4, -0.2) is 41.4 Å². The predicted octanol–water partition coefficient (Wildman–Crippen LogP) is 1.02. The molecule has 1 aliphatic rings. The van der Waals surface area contributed by atoms with Gasteiger partial charge in [0.05, 0.1) is 23.8 Å². The Morgan fingerprint density at radius 3 is 2.53 bits per heavy atom. The number of H-pyrrole nitrogens is 1. The van der Waals surface area contributed by atoms with Crippen LogP contribution in [0.1, 0.15) is 5.56 Å². The van der Waals surface area contributed by atoms with Crippen LogP contribution in [0.2, 0.25) is 0 Å². The van der Waals surface area contributed by atoms with E-state index < -0.39 is 0 Å². The Labute approximate surface area is 112 Å². The topological polar surface area (TPSA) is 74.1 Å². The predicted molar refractivity (Wildman–Crippen MR) is 76.4 cm³/mol. The molecule has 3 heterocycles. The molecule has 1 fully saturated rings. The SMILES string of the molecule is Cc1cn[nH]c1N1CCN(c2ccncc2N)CC1. The number of nitrogens with one attached hydrogen (secondary N) is 1. The van der Waals surface area contributed by atoms with Crippen LogP contribution in [0.4, 0.5) is 17.2 Å². The molecule has 6 heteroatoms. The van der Waals surface area contributed by atoms with Crippen LogP contribution in [0.5, 0.6) is 0 Å². The number of nitrogens with zero attached hydrogens (tertiary/aromatic N) is 4. The highest BCUT2D eigenvalue weighted by Crippen LogP contribution is 2.24. The monoisotopic (exact) mass is 258 g/mol. The number of nitrogens with two attached hydrogens (primary N) is 1. The molecule has 0 aliphatic carbocycles. The van der Waals surface area contributed by atoms with Crippen LogP contribution in [0.25, 0.3) is 0 Å². The quantitative estimate of drug-likeness (QED) is 0.841. The van der Waals surface area contributed by atoms with E-state index in [1.54, 1.807) is 12.4 Å². The lowest BCUT2D eigenvalue weighted by molar-refractivity contribution is 0.646. The Morgan fingerprint density at radius 2 is 1.89 bits per heavy atom. The van der Waals surface area contributed by atoms with Gasteiger partial charge in [-0.1, -0.05) is 0 Å². The molecule has 2 aromatic heterocycles. The summed E-state index contributed by atoms with van der Waals surface area (Å²) in [4.78, 5) is 8.67. The third-order valence-electron chi connectivity index (χ3n) is 3.57. The van der Waals surface area contributed by atoms with E-state index in [2.05, 4.69) is 31.9 Å². The van der Waals surface area contributed by atoms with Gasteiger partial charge in [-0.25, -0.2) is 0 Å². The first-order chi connectivity index (χ1) is 9.25. The summed E-state index contributed by atoms with van der Waals surface area (Å²) in [5, 5.41) is 7.14.